The van der Waals surface area contributed by atoms with Crippen LogP contribution in [0.25, 0.3) is 10.9 Å². The fourth-order valence-corrected chi connectivity index (χ4v) is 2.77. The monoisotopic (exact) mass is 288 g/mol. The molecule has 1 saturated heterocycles. The second kappa shape index (κ2) is 5.21. The molecule has 3 rings (SSSR count). The van der Waals surface area contributed by atoms with Gasteiger partial charge in [0.15, 0.2) is 0 Å². The average Bonchev–Trinajstić information content (AvgIpc) is 3.10. The van der Waals surface area contributed by atoms with E-state index in [-0.39, 0.29) is 12.0 Å². The molecule has 2 aromatic rings. The minimum Gasteiger partial charge on any atom is -0.480 e. The first kappa shape index (κ1) is 13.6. The molecule has 2 heterocycles. The highest BCUT2D eigenvalue weighted by atomic mass is 16.5. The van der Waals surface area contributed by atoms with Crippen LogP contribution in [0.1, 0.15) is 16.9 Å². The number of carboxylic acids is 1. The van der Waals surface area contributed by atoms with Crippen LogP contribution in [0.2, 0.25) is 0 Å². The number of ether oxygens (including phenoxy) is 1. The number of carbonyl (C=O) groups excluding carboxylic acids is 1. The topological polar surface area (TPSA) is 82.6 Å². The number of aromatic amines is 1. The fraction of sp³-hybridized carbons (Fsp3) is 0.333. The van der Waals surface area contributed by atoms with Gasteiger partial charge in [-0.2, -0.15) is 0 Å². The summed E-state index contributed by atoms with van der Waals surface area (Å²) in [6.45, 7) is 0.293. The Kier molecular flexibility index (Phi) is 3.39. The number of rotatable bonds is 3. The Balaban J connectivity index is 1.91. The van der Waals surface area contributed by atoms with Gasteiger partial charge in [0.05, 0.1) is 6.10 Å². The molecule has 6 nitrogen and oxygen atoms in total. The molecule has 110 valence electrons. The van der Waals surface area contributed by atoms with E-state index in [9.17, 15) is 14.7 Å². The van der Waals surface area contributed by atoms with Crippen LogP contribution in [-0.4, -0.2) is 52.7 Å². The standard InChI is InChI=1S/C15H16N2O4/c1-21-10-7-13(15(19)20)17(8-10)14(18)12-6-9-4-2-3-5-11(9)16-12/h2-6,10,13,16H,7-8H2,1H3,(H,19,20). The van der Waals surface area contributed by atoms with E-state index in [1.165, 1.54) is 12.0 Å². The van der Waals surface area contributed by atoms with E-state index in [0.29, 0.717) is 18.7 Å². The maximum atomic E-state index is 12.6. The van der Waals surface area contributed by atoms with Gasteiger partial charge in [0.25, 0.3) is 5.91 Å². The quantitative estimate of drug-likeness (QED) is 0.896. The van der Waals surface area contributed by atoms with Crippen LogP contribution in [0.5, 0.6) is 0 Å². The molecule has 6 heteroatoms. The van der Waals surface area contributed by atoms with Crippen LogP contribution < -0.4 is 0 Å². The Morgan fingerprint density at radius 1 is 1.38 bits per heavy atom. The molecule has 0 saturated carbocycles. The zero-order valence-electron chi connectivity index (χ0n) is 11.6. The lowest BCUT2D eigenvalue weighted by Gasteiger charge is -2.20. The number of carbonyl (C=O) groups is 2. The number of hydrogen-bond donors (Lipinski definition) is 2. The summed E-state index contributed by atoms with van der Waals surface area (Å²) >= 11 is 0. The van der Waals surface area contributed by atoms with Crippen molar-refractivity contribution in [1.29, 1.82) is 0 Å². The molecule has 1 aromatic heterocycles. The van der Waals surface area contributed by atoms with Crippen molar-refractivity contribution < 1.29 is 19.4 Å². The van der Waals surface area contributed by atoms with Crippen molar-refractivity contribution in [2.24, 2.45) is 0 Å². The third-order valence-corrected chi connectivity index (χ3v) is 3.90. The third-order valence-electron chi connectivity index (χ3n) is 3.90. The first-order valence-corrected chi connectivity index (χ1v) is 6.74. The molecule has 1 aliphatic rings. The van der Waals surface area contributed by atoms with E-state index in [2.05, 4.69) is 4.98 Å². The number of amides is 1. The minimum atomic E-state index is -1.00. The molecule has 2 N–H and O–H groups in total. The molecule has 0 radical (unpaired) electrons. The lowest BCUT2D eigenvalue weighted by atomic mass is 10.2. The zero-order valence-corrected chi connectivity index (χ0v) is 11.6. The largest absolute Gasteiger partial charge is 0.480 e. The Hall–Kier alpha value is -2.34. The smallest absolute Gasteiger partial charge is 0.326 e. The van der Waals surface area contributed by atoms with E-state index >= 15 is 0 Å². The summed E-state index contributed by atoms with van der Waals surface area (Å²) in [5.41, 5.74) is 1.26. The van der Waals surface area contributed by atoms with Gasteiger partial charge in [0, 0.05) is 31.0 Å². The molecule has 2 unspecified atom stereocenters. The molecule has 0 aliphatic carbocycles. The molecular formula is C15H16N2O4. The van der Waals surface area contributed by atoms with Crippen molar-refractivity contribution in [2.75, 3.05) is 13.7 Å². The SMILES string of the molecule is COC1CC(C(=O)O)N(C(=O)c2cc3ccccc3[nH]2)C1. The second-order valence-corrected chi connectivity index (χ2v) is 5.18. The van der Waals surface area contributed by atoms with Crippen LogP contribution in [0.4, 0.5) is 0 Å². The van der Waals surface area contributed by atoms with E-state index in [4.69, 9.17) is 4.74 Å². The number of nitrogens with zero attached hydrogens (tertiary/aromatic N) is 1. The van der Waals surface area contributed by atoms with E-state index in [1.807, 2.05) is 24.3 Å². The van der Waals surface area contributed by atoms with E-state index in [0.717, 1.165) is 10.9 Å². The van der Waals surface area contributed by atoms with Crippen molar-refractivity contribution in [1.82, 2.24) is 9.88 Å². The summed E-state index contributed by atoms with van der Waals surface area (Å²) in [6.07, 6.45) is 0.0806. The maximum Gasteiger partial charge on any atom is 0.326 e. The molecule has 1 aliphatic heterocycles. The highest BCUT2D eigenvalue weighted by Gasteiger charge is 2.40. The number of benzene rings is 1. The van der Waals surface area contributed by atoms with Crippen LogP contribution in [0, 0.1) is 0 Å². The summed E-state index contributed by atoms with van der Waals surface area (Å²) in [6, 6.07) is 8.46. The van der Waals surface area contributed by atoms with Gasteiger partial charge in [-0.1, -0.05) is 18.2 Å². The average molecular weight is 288 g/mol. The van der Waals surface area contributed by atoms with Gasteiger partial charge >= 0.3 is 5.97 Å². The molecular weight excluding hydrogens is 272 g/mol. The number of aliphatic carboxylic acids is 1. The van der Waals surface area contributed by atoms with Gasteiger partial charge in [-0.3, -0.25) is 4.79 Å². The first-order valence-electron chi connectivity index (χ1n) is 6.74. The third kappa shape index (κ3) is 2.38. The molecule has 1 amide bonds. The Morgan fingerprint density at radius 2 is 2.14 bits per heavy atom. The van der Waals surface area contributed by atoms with E-state index < -0.39 is 12.0 Å². The fourth-order valence-electron chi connectivity index (χ4n) is 2.77. The number of likely N-dealkylation sites (tertiary alicyclic amines) is 1. The molecule has 0 spiro atoms. The van der Waals surface area contributed by atoms with Gasteiger partial charge in [0.1, 0.15) is 11.7 Å². The number of methoxy groups -OCH3 is 1. The summed E-state index contributed by atoms with van der Waals surface area (Å²) in [5, 5.41) is 10.2. The lowest BCUT2D eigenvalue weighted by molar-refractivity contribution is -0.141. The molecule has 1 aromatic carbocycles. The molecule has 0 bridgehead atoms. The molecule has 1 fully saturated rings. The first-order chi connectivity index (χ1) is 10.1. The highest BCUT2D eigenvalue weighted by molar-refractivity contribution is 5.99. The summed E-state index contributed by atoms with van der Waals surface area (Å²) in [5.74, 6) is -1.31. The summed E-state index contributed by atoms with van der Waals surface area (Å²) in [7, 11) is 1.53. The lowest BCUT2D eigenvalue weighted by Crippen LogP contribution is -2.40. The number of para-hydroxylation sites is 1. The predicted octanol–water partition coefficient (Wildman–Crippen LogP) is 1.48. The second-order valence-electron chi connectivity index (χ2n) is 5.18. The predicted molar refractivity (Wildman–Crippen MR) is 76.2 cm³/mol. The minimum absolute atomic E-state index is 0.237. The number of carboxylic acid groups (broad SMARTS) is 1. The number of nitrogens with one attached hydrogen (secondary N) is 1. The van der Waals surface area contributed by atoms with Crippen molar-refractivity contribution >= 4 is 22.8 Å². The van der Waals surface area contributed by atoms with Crippen LogP contribution in [0.15, 0.2) is 30.3 Å². The maximum absolute atomic E-state index is 12.6. The normalized spacial score (nSPS) is 21.9. The molecule has 21 heavy (non-hydrogen) atoms. The van der Waals surface area contributed by atoms with E-state index in [1.54, 1.807) is 6.07 Å². The van der Waals surface area contributed by atoms with Crippen LogP contribution in [0.3, 0.4) is 0 Å². The zero-order chi connectivity index (χ0) is 15.0. The van der Waals surface area contributed by atoms with Gasteiger partial charge < -0.3 is 19.7 Å². The Bertz CT molecular complexity index is 661. The van der Waals surface area contributed by atoms with Crippen molar-refractivity contribution in [2.45, 2.75) is 18.6 Å². The van der Waals surface area contributed by atoms with Crippen molar-refractivity contribution in [3.63, 3.8) is 0 Å². The van der Waals surface area contributed by atoms with Gasteiger partial charge in [-0.15, -0.1) is 0 Å². The van der Waals surface area contributed by atoms with Crippen LogP contribution >= 0.6 is 0 Å². The number of H-pyrrole nitrogens is 1. The Labute approximate surface area is 121 Å². The number of hydrogen-bond acceptors (Lipinski definition) is 3. The highest BCUT2D eigenvalue weighted by Crippen LogP contribution is 2.24. The summed E-state index contributed by atoms with van der Waals surface area (Å²) in [4.78, 5) is 28.3. The van der Waals surface area contributed by atoms with Gasteiger partial charge in [0.2, 0.25) is 0 Å². The van der Waals surface area contributed by atoms with Crippen molar-refractivity contribution in [3.05, 3.63) is 36.0 Å². The van der Waals surface area contributed by atoms with Crippen LogP contribution in [-0.2, 0) is 9.53 Å². The number of aromatic nitrogens is 1. The molecule has 2 atom stereocenters. The summed E-state index contributed by atoms with van der Waals surface area (Å²) < 4.78 is 5.20. The van der Waals surface area contributed by atoms with Crippen molar-refractivity contribution in [3.8, 4) is 0 Å². The van der Waals surface area contributed by atoms with Gasteiger partial charge in [-0.25, -0.2) is 4.79 Å². The Morgan fingerprint density at radius 3 is 2.81 bits per heavy atom. The number of fused-ring (bicyclic) bond motifs is 1. The van der Waals surface area contributed by atoms with Gasteiger partial charge in [-0.05, 0) is 12.1 Å².